The van der Waals surface area contributed by atoms with Gasteiger partial charge in [0.2, 0.25) is 0 Å². The Morgan fingerprint density at radius 1 is 0.950 bits per heavy atom. The topological polar surface area (TPSA) is 38.7 Å². The number of ether oxygens (including phenoxy) is 2. The van der Waals surface area contributed by atoms with Crippen LogP contribution in [-0.2, 0) is 0 Å². The van der Waals surface area contributed by atoms with Crippen LogP contribution in [-0.4, -0.2) is 19.3 Å². The predicted molar refractivity (Wildman–Crippen MR) is 74.7 cm³/mol. The van der Waals surface area contributed by atoms with Crippen LogP contribution in [0, 0.1) is 12.7 Å². The van der Waals surface area contributed by atoms with Gasteiger partial charge in [-0.25, -0.2) is 4.39 Å². The third-order valence-corrected chi connectivity index (χ3v) is 3.23. The summed E-state index contributed by atoms with van der Waals surface area (Å²) in [4.78, 5) is 0. The molecular weight excluding hydrogens is 259 g/mol. The molecule has 0 aliphatic heterocycles. The Balaban J connectivity index is 2.35. The summed E-state index contributed by atoms with van der Waals surface area (Å²) in [6.45, 7) is 1.90. The maximum absolute atomic E-state index is 13.4. The molecule has 3 nitrogen and oxygen atoms in total. The largest absolute Gasteiger partial charge is 0.496 e. The molecule has 20 heavy (non-hydrogen) atoms. The van der Waals surface area contributed by atoms with Crippen molar-refractivity contribution in [1.29, 1.82) is 0 Å². The first-order chi connectivity index (χ1) is 9.56. The molecule has 0 fully saturated rings. The normalized spacial score (nSPS) is 12.1. The zero-order chi connectivity index (χ0) is 14.7. The second-order valence-corrected chi connectivity index (χ2v) is 4.53. The number of aliphatic hydroxyl groups excluding tert-OH is 1. The van der Waals surface area contributed by atoms with Gasteiger partial charge < -0.3 is 14.6 Å². The summed E-state index contributed by atoms with van der Waals surface area (Å²) in [5.41, 5.74) is 2.22. The van der Waals surface area contributed by atoms with Gasteiger partial charge in [-0.2, -0.15) is 0 Å². The van der Waals surface area contributed by atoms with E-state index < -0.39 is 11.9 Å². The van der Waals surface area contributed by atoms with Crippen molar-refractivity contribution in [2.24, 2.45) is 0 Å². The number of methoxy groups -OCH3 is 2. The highest BCUT2D eigenvalue weighted by atomic mass is 19.1. The molecule has 0 heterocycles. The van der Waals surface area contributed by atoms with Crippen LogP contribution < -0.4 is 9.47 Å². The lowest BCUT2D eigenvalue weighted by Crippen LogP contribution is -2.02. The smallest absolute Gasteiger partial charge is 0.165 e. The van der Waals surface area contributed by atoms with Crippen molar-refractivity contribution in [1.82, 2.24) is 0 Å². The van der Waals surface area contributed by atoms with Crippen LogP contribution in [0.25, 0.3) is 0 Å². The fraction of sp³-hybridized carbons (Fsp3) is 0.250. The lowest BCUT2D eigenvalue weighted by atomic mass is 9.99. The Morgan fingerprint density at radius 2 is 1.55 bits per heavy atom. The first-order valence-corrected chi connectivity index (χ1v) is 6.23. The first kappa shape index (κ1) is 14.3. The van der Waals surface area contributed by atoms with Gasteiger partial charge in [-0.1, -0.05) is 12.1 Å². The van der Waals surface area contributed by atoms with E-state index in [1.165, 1.54) is 19.2 Å². The fourth-order valence-electron chi connectivity index (χ4n) is 2.11. The summed E-state index contributed by atoms with van der Waals surface area (Å²) in [6.07, 6.45) is -0.839. The van der Waals surface area contributed by atoms with Crippen molar-refractivity contribution in [3.05, 3.63) is 58.9 Å². The second kappa shape index (κ2) is 5.92. The van der Waals surface area contributed by atoms with E-state index in [2.05, 4.69) is 0 Å². The zero-order valence-corrected chi connectivity index (χ0v) is 11.7. The van der Waals surface area contributed by atoms with E-state index in [4.69, 9.17) is 9.47 Å². The molecule has 0 aliphatic carbocycles. The van der Waals surface area contributed by atoms with Crippen molar-refractivity contribution in [3.63, 3.8) is 0 Å². The summed E-state index contributed by atoms with van der Waals surface area (Å²) in [5, 5.41) is 10.4. The Hall–Kier alpha value is -2.07. The average Bonchev–Trinajstić information content (AvgIpc) is 2.47. The van der Waals surface area contributed by atoms with Gasteiger partial charge in [-0.15, -0.1) is 0 Å². The van der Waals surface area contributed by atoms with E-state index in [1.54, 1.807) is 25.3 Å². The minimum absolute atomic E-state index is 0.117. The van der Waals surface area contributed by atoms with Gasteiger partial charge in [0, 0.05) is 0 Å². The van der Waals surface area contributed by atoms with Gasteiger partial charge in [-0.05, 0) is 47.9 Å². The molecule has 0 bridgehead atoms. The summed E-state index contributed by atoms with van der Waals surface area (Å²) in [7, 11) is 3.00. The van der Waals surface area contributed by atoms with Gasteiger partial charge in [0.15, 0.2) is 11.6 Å². The molecule has 2 aromatic rings. The summed E-state index contributed by atoms with van der Waals surface area (Å²) in [6, 6.07) is 9.76. The number of aryl methyl sites for hydroxylation is 1. The molecule has 0 aliphatic rings. The predicted octanol–water partition coefficient (Wildman–Crippen LogP) is 3.23. The van der Waals surface area contributed by atoms with Crippen molar-refractivity contribution in [2.45, 2.75) is 13.0 Å². The van der Waals surface area contributed by atoms with Crippen LogP contribution in [0.2, 0.25) is 0 Å². The van der Waals surface area contributed by atoms with Crippen molar-refractivity contribution in [3.8, 4) is 11.5 Å². The van der Waals surface area contributed by atoms with Crippen molar-refractivity contribution in [2.75, 3.05) is 14.2 Å². The van der Waals surface area contributed by atoms with Gasteiger partial charge in [-0.3, -0.25) is 0 Å². The number of rotatable bonds is 4. The van der Waals surface area contributed by atoms with E-state index in [-0.39, 0.29) is 5.75 Å². The van der Waals surface area contributed by atoms with Gasteiger partial charge in [0.1, 0.15) is 11.9 Å². The molecule has 4 heteroatoms. The van der Waals surface area contributed by atoms with Crippen LogP contribution in [0.4, 0.5) is 4.39 Å². The SMILES string of the molecule is COc1ccc(C(O)c2ccc(F)c(OC)c2)cc1C. The quantitative estimate of drug-likeness (QED) is 0.931. The van der Waals surface area contributed by atoms with Crippen LogP contribution in [0.15, 0.2) is 36.4 Å². The summed E-state index contributed by atoms with van der Waals surface area (Å²) in [5.74, 6) is 0.429. The van der Waals surface area contributed by atoms with E-state index in [9.17, 15) is 9.50 Å². The molecule has 0 spiro atoms. The highest BCUT2D eigenvalue weighted by molar-refractivity contribution is 5.41. The summed E-state index contributed by atoms with van der Waals surface area (Å²) >= 11 is 0. The summed E-state index contributed by atoms with van der Waals surface area (Å²) < 4.78 is 23.5. The Labute approximate surface area is 117 Å². The number of hydrogen-bond acceptors (Lipinski definition) is 3. The van der Waals surface area contributed by atoms with Crippen LogP contribution in [0.3, 0.4) is 0 Å². The van der Waals surface area contributed by atoms with Crippen LogP contribution in [0.5, 0.6) is 11.5 Å². The monoisotopic (exact) mass is 276 g/mol. The number of halogens is 1. The van der Waals surface area contributed by atoms with E-state index in [0.717, 1.165) is 16.9 Å². The number of hydrogen-bond donors (Lipinski definition) is 1. The zero-order valence-electron chi connectivity index (χ0n) is 11.7. The highest BCUT2D eigenvalue weighted by Crippen LogP contribution is 2.29. The van der Waals surface area contributed by atoms with Gasteiger partial charge >= 0.3 is 0 Å². The molecular formula is C16H17FO3. The Kier molecular flexibility index (Phi) is 4.25. The van der Waals surface area contributed by atoms with E-state index in [1.807, 2.05) is 13.0 Å². The maximum Gasteiger partial charge on any atom is 0.165 e. The average molecular weight is 276 g/mol. The van der Waals surface area contributed by atoms with Crippen molar-refractivity contribution < 1.29 is 19.0 Å². The Bertz CT molecular complexity index is 611. The molecule has 0 radical (unpaired) electrons. The van der Waals surface area contributed by atoms with Crippen molar-refractivity contribution >= 4 is 0 Å². The van der Waals surface area contributed by atoms with Crippen LogP contribution >= 0.6 is 0 Å². The molecule has 0 aromatic heterocycles. The molecule has 0 saturated carbocycles. The van der Waals surface area contributed by atoms with Crippen LogP contribution in [0.1, 0.15) is 22.8 Å². The van der Waals surface area contributed by atoms with Gasteiger partial charge in [0.25, 0.3) is 0 Å². The Morgan fingerprint density at radius 3 is 2.15 bits per heavy atom. The van der Waals surface area contributed by atoms with Gasteiger partial charge in [0.05, 0.1) is 14.2 Å². The van der Waals surface area contributed by atoms with E-state index in [0.29, 0.717) is 5.56 Å². The third kappa shape index (κ3) is 2.75. The lowest BCUT2D eigenvalue weighted by Gasteiger charge is -2.15. The maximum atomic E-state index is 13.4. The molecule has 1 atom stereocenters. The lowest BCUT2D eigenvalue weighted by molar-refractivity contribution is 0.219. The first-order valence-electron chi connectivity index (χ1n) is 6.23. The molecule has 2 aromatic carbocycles. The van der Waals surface area contributed by atoms with E-state index >= 15 is 0 Å². The fourth-order valence-corrected chi connectivity index (χ4v) is 2.11. The number of benzene rings is 2. The highest BCUT2D eigenvalue weighted by Gasteiger charge is 2.14. The second-order valence-electron chi connectivity index (χ2n) is 4.53. The minimum atomic E-state index is -0.839. The molecule has 0 saturated heterocycles. The standard InChI is InChI=1S/C16H17FO3/c1-10-8-11(5-7-14(10)19-2)16(18)12-4-6-13(17)15(9-12)20-3/h4-9,16,18H,1-3H3. The molecule has 106 valence electrons. The molecule has 0 amide bonds. The molecule has 1 N–H and O–H groups in total. The molecule has 2 rings (SSSR count). The minimum Gasteiger partial charge on any atom is -0.496 e. The third-order valence-electron chi connectivity index (χ3n) is 3.23. The molecule has 1 unspecified atom stereocenters. The number of aliphatic hydroxyl groups is 1.